The summed E-state index contributed by atoms with van der Waals surface area (Å²) in [6, 6.07) is 21.3. The predicted octanol–water partition coefficient (Wildman–Crippen LogP) is 7.05. The Kier molecular flexibility index (Phi) is 11.4. The highest BCUT2D eigenvalue weighted by Crippen LogP contribution is 2.31. The van der Waals surface area contributed by atoms with Crippen molar-refractivity contribution in [2.24, 2.45) is 11.8 Å². The summed E-state index contributed by atoms with van der Waals surface area (Å²) in [6.45, 7) is 4.08. The van der Waals surface area contributed by atoms with Crippen LogP contribution >= 0.6 is 23.2 Å². The van der Waals surface area contributed by atoms with E-state index in [0.29, 0.717) is 54.1 Å². The minimum Gasteiger partial charge on any atom is -0.312 e. The Hall–Kier alpha value is -2.49. The maximum atomic E-state index is 13.9. The van der Waals surface area contributed by atoms with Crippen molar-refractivity contribution >= 4 is 44.8 Å². The van der Waals surface area contributed by atoms with Crippen LogP contribution < -0.4 is 4.90 Å². The zero-order valence-electron chi connectivity index (χ0n) is 24.9. The highest BCUT2D eigenvalue weighted by molar-refractivity contribution is 7.88. The molecule has 2 fully saturated rings. The summed E-state index contributed by atoms with van der Waals surface area (Å²) < 4.78 is 40.9. The molecule has 0 spiro atoms. The molecule has 0 unspecified atom stereocenters. The molecule has 0 aliphatic carbocycles. The molecular formula is C34H40Cl2FN3O3S. The maximum absolute atomic E-state index is 13.9. The van der Waals surface area contributed by atoms with E-state index >= 15 is 0 Å². The number of sulfonamides is 1. The smallest absolute Gasteiger partial charge is 0.230 e. The summed E-state index contributed by atoms with van der Waals surface area (Å²) >= 11 is 12.5. The lowest BCUT2D eigenvalue weighted by atomic mass is 9.90. The van der Waals surface area contributed by atoms with E-state index in [0.717, 1.165) is 50.9 Å². The number of benzene rings is 3. The van der Waals surface area contributed by atoms with Crippen molar-refractivity contribution in [3.8, 4) is 0 Å². The van der Waals surface area contributed by atoms with E-state index in [1.54, 1.807) is 12.1 Å². The van der Waals surface area contributed by atoms with Gasteiger partial charge in [-0.1, -0.05) is 65.7 Å². The van der Waals surface area contributed by atoms with Crippen LogP contribution in [0.1, 0.15) is 43.2 Å². The summed E-state index contributed by atoms with van der Waals surface area (Å²) in [5.41, 5.74) is 2.65. The van der Waals surface area contributed by atoms with Gasteiger partial charge in [-0.3, -0.25) is 4.79 Å². The van der Waals surface area contributed by atoms with Gasteiger partial charge in [0.1, 0.15) is 5.82 Å². The number of nitrogens with zero attached hydrogens (tertiary/aromatic N) is 3. The summed E-state index contributed by atoms with van der Waals surface area (Å²) in [7, 11) is -3.46. The van der Waals surface area contributed by atoms with Crippen molar-refractivity contribution in [3.05, 3.63) is 99.8 Å². The van der Waals surface area contributed by atoms with Gasteiger partial charge < -0.3 is 9.80 Å². The van der Waals surface area contributed by atoms with Crippen LogP contribution in [0, 0.1) is 17.7 Å². The van der Waals surface area contributed by atoms with Crippen molar-refractivity contribution in [2.45, 2.75) is 44.3 Å². The first-order chi connectivity index (χ1) is 21.2. The van der Waals surface area contributed by atoms with E-state index in [9.17, 15) is 17.6 Å². The lowest BCUT2D eigenvalue weighted by Crippen LogP contribution is -2.45. The van der Waals surface area contributed by atoms with Crippen molar-refractivity contribution in [2.75, 3.05) is 44.2 Å². The van der Waals surface area contributed by atoms with Crippen molar-refractivity contribution < 1.29 is 17.6 Å². The fourth-order valence-corrected chi connectivity index (χ4v) is 8.17. The minimum atomic E-state index is -3.46. The fraction of sp³-hybridized carbons (Fsp3) is 0.441. The van der Waals surface area contributed by atoms with Crippen molar-refractivity contribution in [1.82, 2.24) is 9.21 Å². The van der Waals surface area contributed by atoms with E-state index < -0.39 is 10.0 Å². The van der Waals surface area contributed by atoms with Gasteiger partial charge in [0.05, 0.1) is 15.8 Å². The zero-order chi connectivity index (χ0) is 31.1. The number of carbonyl (C=O) groups excluding carboxylic acids is 1. The molecule has 2 aliphatic heterocycles. The molecule has 2 aliphatic rings. The largest absolute Gasteiger partial charge is 0.312 e. The van der Waals surface area contributed by atoms with E-state index in [1.807, 2.05) is 53.4 Å². The summed E-state index contributed by atoms with van der Waals surface area (Å²) in [6.07, 6.45) is 4.93. The number of halogens is 3. The SMILES string of the molecule is O=C(C1CCN(S(=O)(=O)Cc2ccccc2)CC1)N(CCCN1CCC(Cc2ccc(F)cc2)CC1)c1ccc(Cl)c(Cl)c1. The minimum absolute atomic E-state index is 0.00139. The number of anilines is 1. The maximum Gasteiger partial charge on any atom is 0.230 e. The first kappa shape index (κ1) is 32.9. The number of hydrogen-bond acceptors (Lipinski definition) is 4. The molecule has 2 saturated heterocycles. The van der Waals surface area contributed by atoms with Crippen LogP contribution in [0.5, 0.6) is 0 Å². The standard InChI is InChI=1S/C34H40Cl2FN3O3S/c35-32-12-11-31(24-33(32)36)40(18-4-17-38-19-13-27(14-20-38)23-26-7-9-30(37)10-8-26)34(41)29-15-21-39(22-16-29)44(42,43)25-28-5-2-1-3-6-28/h1-3,5-12,24,27,29H,4,13-23,25H2. The number of piperidine rings is 2. The lowest BCUT2D eigenvalue weighted by molar-refractivity contribution is -0.123. The number of hydrogen-bond donors (Lipinski definition) is 0. The molecular weight excluding hydrogens is 620 g/mol. The van der Waals surface area contributed by atoms with Gasteiger partial charge in [0.25, 0.3) is 0 Å². The molecule has 0 N–H and O–H groups in total. The zero-order valence-corrected chi connectivity index (χ0v) is 27.2. The third-order valence-corrected chi connectivity index (χ3v) is 11.5. The molecule has 0 bridgehead atoms. The van der Waals surface area contributed by atoms with Crippen LogP contribution in [0.25, 0.3) is 0 Å². The summed E-state index contributed by atoms with van der Waals surface area (Å²) in [5.74, 6) is 0.0876. The Labute approximate surface area is 270 Å². The third-order valence-electron chi connectivity index (χ3n) is 8.87. The molecule has 44 heavy (non-hydrogen) atoms. The Morgan fingerprint density at radius 2 is 1.52 bits per heavy atom. The molecule has 1 amide bonds. The number of amides is 1. The Morgan fingerprint density at radius 3 is 2.18 bits per heavy atom. The second kappa shape index (κ2) is 15.2. The fourth-order valence-electron chi connectivity index (χ4n) is 6.32. The molecule has 3 aromatic carbocycles. The second-order valence-electron chi connectivity index (χ2n) is 12.0. The number of rotatable bonds is 11. The highest BCUT2D eigenvalue weighted by atomic mass is 35.5. The van der Waals surface area contributed by atoms with Gasteiger partial charge in [-0.25, -0.2) is 17.1 Å². The molecule has 2 heterocycles. The molecule has 0 aromatic heterocycles. The van der Waals surface area contributed by atoms with Crippen LogP contribution in [0.4, 0.5) is 10.1 Å². The van der Waals surface area contributed by atoms with Crippen LogP contribution in [-0.2, 0) is 27.0 Å². The Morgan fingerprint density at radius 1 is 0.841 bits per heavy atom. The normalized spacial score (nSPS) is 17.5. The van der Waals surface area contributed by atoms with Crippen LogP contribution in [-0.4, -0.2) is 62.8 Å². The van der Waals surface area contributed by atoms with Gasteiger partial charge in [-0.05, 0) is 106 Å². The van der Waals surface area contributed by atoms with E-state index in [4.69, 9.17) is 23.2 Å². The highest BCUT2D eigenvalue weighted by Gasteiger charge is 2.34. The molecule has 6 nitrogen and oxygen atoms in total. The molecule has 3 aromatic rings. The van der Waals surface area contributed by atoms with E-state index in [-0.39, 0.29) is 23.4 Å². The molecule has 0 radical (unpaired) electrons. The average molecular weight is 661 g/mol. The van der Waals surface area contributed by atoms with Gasteiger partial charge in [-0.15, -0.1) is 0 Å². The Bertz CT molecular complexity index is 1490. The second-order valence-corrected chi connectivity index (χ2v) is 14.8. The van der Waals surface area contributed by atoms with Gasteiger partial charge in [0.2, 0.25) is 15.9 Å². The topological polar surface area (TPSA) is 60.9 Å². The molecule has 10 heteroatoms. The summed E-state index contributed by atoms with van der Waals surface area (Å²) in [5, 5.41) is 0.829. The van der Waals surface area contributed by atoms with E-state index in [2.05, 4.69) is 4.90 Å². The van der Waals surface area contributed by atoms with Gasteiger partial charge in [-0.2, -0.15) is 0 Å². The monoisotopic (exact) mass is 659 g/mol. The van der Waals surface area contributed by atoms with Crippen LogP contribution in [0.15, 0.2) is 72.8 Å². The first-order valence-electron chi connectivity index (χ1n) is 15.4. The Balaban J connectivity index is 1.15. The van der Waals surface area contributed by atoms with Gasteiger partial charge in [0, 0.05) is 31.2 Å². The number of likely N-dealkylation sites (tertiary alicyclic amines) is 1. The molecule has 0 saturated carbocycles. The number of carbonyl (C=O) groups is 1. The van der Waals surface area contributed by atoms with Gasteiger partial charge in [0.15, 0.2) is 0 Å². The van der Waals surface area contributed by atoms with Gasteiger partial charge >= 0.3 is 0 Å². The first-order valence-corrected chi connectivity index (χ1v) is 17.8. The van der Waals surface area contributed by atoms with Crippen LogP contribution in [0.2, 0.25) is 10.0 Å². The van der Waals surface area contributed by atoms with Crippen LogP contribution in [0.3, 0.4) is 0 Å². The van der Waals surface area contributed by atoms with Crippen molar-refractivity contribution in [1.29, 1.82) is 0 Å². The predicted molar refractivity (Wildman–Crippen MR) is 176 cm³/mol. The summed E-state index contributed by atoms with van der Waals surface area (Å²) in [4.78, 5) is 18.2. The quantitative estimate of drug-likeness (QED) is 0.221. The third kappa shape index (κ3) is 8.82. The molecule has 5 rings (SSSR count). The average Bonchev–Trinajstić information content (AvgIpc) is 3.03. The van der Waals surface area contributed by atoms with E-state index in [1.165, 1.54) is 22.0 Å². The lowest BCUT2D eigenvalue weighted by Gasteiger charge is -2.35. The van der Waals surface area contributed by atoms with Crippen molar-refractivity contribution in [3.63, 3.8) is 0 Å². The molecule has 236 valence electrons. The molecule has 0 atom stereocenters.